The van der Waals surface area contributed by atoms with Crippen LogP contribution in [0.3, 0.4) is 0 Å². The number of nitrogens with one attached hydrogen (secondary N) is 2. The Bertz CT molecular complexity index is 1440. The molecule has 3 aromatic carbocycles. The monoisotopic (exact) mass is 520 g/mol. The number of aromatic nitrogens is 2. The maximum absolute atomic E-state index is 13.4. The fourth-order valence-corrected chi connectivity index (χ4v) is 5.69. The van der Waals surface area contributed by atoms with E-state index >= 15 is 0 Å². The molecule has 3 heterocycles. The second kappa shape index (κ2) is 11.1. The van der Waals surface area contributed by atoms with Crippen molar-refractivity contribution in [2.45, 2.75) is 39.0 Å². The van der Waals surface area contributed by atoms with Gasteiger partial charge in [-0.15, -0.1) is 0 Å². The average Bonchev–Trinajstić information content (AvgIpc) is 2.98. The zero-order valence-electron chi connectivity index (χ0n) is 22.7. The lowest BCUT2D eigenvalue weighted by atomic mass is 10.0. The van der Waals surface area contributed by atoms with Gasteiger partial charge in [-0.05, 0) is 34.7 Å². The number of benzene rings is 3. The summed E-state index contributed by atoms with van der Waals surface area (Å²) in [4.78, 5) is 28.1. The van der Waals surface area contributed by atoms with Crippen molar-refractivity contribution in [3.05, 3.63) is 90.3 Å². The van der Waals surface area contributed by atoms with E-state index < -0.39 is 0 Å². The minimum absolute atomic E-state index is 0.0183. The van der Waals surface area contributed by atoms with Crippen molar-refractivity contribution < 1.29 is 4.79 Å². The SMILES string of the molecule is CC(C)[C@@H]1Nc2nc(nc3ccccc23)CN2CCN(Cc3ccc(-c4ccccc4)cc3)CC2CNC1=O. The Hall–Kier alpha value is -3.81. The number of carbonyl (C=O) groups excluding carboxylic acids is 1. The quantitative estimate of drug-likeness (QED) is 0.411. The van der Waals surface area contributed by atoms with Crippen molar-refractivity contribution in [3.8, 4) is 11.1 Å². The van der Waals surface area contributed by atoms with Gasteiger partial charge in [0, 0.05) is 44.2 Å². The molecule has 1 fully saturated rings. The summed E-state index contributed by atoms with van der Waals surface area (Å²) in [5, 5.41) is 7.66. The van der Waals surface area contributed by atoms with Crippen LogP contribution in [0, 0.1) is 5.92 Å². The second-order valence-corrected chi connectivity index (χ2v) is 11.0. The summed E-state index contributed by atoms with van der Waals surface area (Å²) in [5.41, 5.74) is 4.68. The zero-order valence-corrected chi connectivity index (χ0v) is 22.7. The van der Waals surface area contributed by atoms with Gasteiger partial charge in [-0.25, -0.2) is 9.97 Å². The zero-order chi connectivity index (χ0) is 26.8. The molecule has 0 saturated carbocycles. The molecule has 1 amide bonds. The van der Waals surface area contributed by atoms with Crippen molar-refractivity contribution >= 4 is 22.6 Å². The molecule has 1 aromatic heterocycles. The minimum Gasteiger partial charge on any atom is -0.358 e. The summed E-state index contributed by atoms with van der Waals surface area (Å²) in [7, 11) is 0. The standard InChI is InChI=1S/C32H36N6O/c1-22(2)30-32(39)33-18-26-20-37(19-23-12-14-25(15-13-23)24-8-4-3-5-9-24)16-17-38(26)21-29-34-28-11-7-6-10-27(28)31(35-29)36-30/h3-15,22,26,30H,16-21H2,1-2H3,(H,33,39)(H,34,35,36)/t26?,30-/m0/s1. The fourth-order valence-electron chi connectivity index (χ4n) is 5.69. The van der Waals surface area contributed by atoms with Crippen LogP contribution in [0.4, 0.5) is 5.82 Å². The first-order valence-corrected chi connectivity index (χ1v) is 13.9. The molecular weight excluding hydrogens is 484 g/mol. The summed E-state index contributed by atoms with van der Waals surface area (Å²) >= 11 is 0. The van der Waals surface area contributed by atoms with Crippen molar-refractivity contribution in [1.29, 1.82) is 0 Å². The van der Waals surface area contributed by atoms with E-state index in [-0.39, 0.29) is 23.9 Å². The van der Waals surface area contributed by atoms with Gasteiger partial charge in [0.15, 0.2) is 0 Å². The van der Waals surface area contributed by atoms with Gasteiger partial charge < -0.3 is 10.6 Å². The molecule has 39 heavy (non-hydrogen) atoms. The molecule has 4 aromatic rings. The van der Waals surface area contributed by atoms with Crippen LogP contribution in [0.25, 0.3) is 22.0 Å². The Balaban J connectivity index is 1.22. The number of piperazine rings is 1. The summed E-state index contributed by atoms with van der Waals surface area (Å²) < 4.78 is 0. The fraction of sp³-hybridized carbons (Fsp3) is 0.344. The lowest BCUT2D eigenvalue weighted by molar-refractivity contribution is -0.123. The first kappa shape index (κ1) is 25.5. The Morgan fingerprint density at radius 1 is 0.897 bits per heavy atom. The van der Waals surface area contributed by atoms with E-state index in [4.69, 9.17) is 9.97 Å². The van der Waals surface area contributed by atoms with E-state index in [0.717, 1.165) is 48.7 Å². The number of fused-ring (bicyclic) bond motifs is 5. The van der Waals surface area contributed by atoms with E-state index in [0.29, 0.717) is 13.1 Å². The molecular formula is C32H36N6O. The van der Waals surface area contributed by atoms with Crippen LogP contribution in [0.1, 0.15) is 25.2 Å². The van der Waals surface area contributed by atoms with Gasteiger partial charge in [0.05, 0.1) is 12.1 Å². The van der Waals surface area contributed by atoms with E-state index in [1.807, 2.05) is 30.3 Å². The molecule has 1 saturated heterocycles. The van der Waals surface area contributed by atoms with Crippen LogP contribution in [0.15, 0.2) is 78.9 Å². The third-order valence-corrected chi connectivity index (χ3v) is 7.90. The Labute approximate surface area is 230 Å². The molecule has 2 bridgehead atoms. The van der Waals surface area contributed by atoms with Crippen molar-refractivity contribution in [3.63, 3.8) is 0 Å². The Kier molecular flexibility index (Phi) is 7.26. The van der Waals surface area contributed by atoms with Crippen molar-refractivity contribution in [1.82, 2.24) is 25.1 Å². The molecule has 200 valence electrons. The molecule has 7 heteroatoms. The molecule has 0 radical (unpaired) electrons. The molecule has 0 spiro atoms. The normalized spacial score (nSPS) is 20.6. The number of hydrogen-bond acceptors (Lipinski definition) is 6. The topological polar surface area (TPSA) is 73.4 Å². The first-order valence-electron chi connectivity index (χ1n) is 13.9. The van der Waals surface area contributed by atoms with Gasteiger partial charge in [0.2, 0.25) is 5.91 Å². The van der Waals surface area contributed by atoms with Crippen LogP contribution in [0.2, 0.25) is 0 Å². The number of carbonyl (C=O) groups is 1. The van der Waals surface area contributed by atoms with Gasteiger partial charge in [0.25, 0.3) is 0 Å². The Morgan fingerprint density at radius 3 is 2.44 bits per heavy atom. The summed E-state index contributed by atoms with van der Waals surface area (Å²) in [6, 6.07) is 27.2. The molecule has 2 aliphatic heterocycles. The summed E-state index contributed by atoms with van der Waals surface area (Å²) in [5.74, 6) is 1.66. The van der Waals surface area contributed by atoms with Gasteiger partial charge in [-0.3, -0.25) is 14.6 Å². The van der Waals surface area contributed by atoms with Gasteiger partial charge in [0.1, 0.15) is 17.7 Å². The summed E-state index contributed by atoms with van der Waals surface area (Å²) in [6.45, 7) is 9.01. The molecule has 2 N–H and O–H groups in total. The van der Waals surface area contributed by atoms with Crippen LogP contribution in [0.5, 0.6) is 0 Å². The van der Waals surface area contributed by atoms with Gasteiger partial charge in [-0.1, -0.05) is 80.6 Å². The van der Waals surface area contributed by atoms with E-state index in [1.165, 1.54) is 16.7 Å². The molecule has 2 aliphatic rings. The third-order valence-electron chi connectivity index (χ3n) is 7.90. The first-order chi connectivity index (χ1) is 19.0. The second-order valence-electron chi connectivity index (χ2n) is 11.0. The van der Waals surface area contributed by atoms with E-state index in [2.05, 4.69) is 82.8 Å². The number of hydrogen-bond donors (Lipinski definition) is 2. The molecule has 0 aliphatic carbocycles. The Morgan fingerprint density at radius 2 is 1.64 bits per heavy atom. The van der Waals surface area contributed by atoms with E-state index in [1.54, 1.807) is 0 Å². The predicted octanol–water partition coefficient (Wildman–Crippen LogP) is 4.55. The van der Waals surface area contributed by atoms with E-state index in [9.17, 15) is 4.79 Å². The highest BCUT2D eigenvalue weighted by Crippen LogP contribution is 2.25. The van der Waals surface area contributed by atoms with Gasteiger partial charge >= 0.3 is 0 Å². The van der Waals surface area contributed by atoms with Crippen LogP contribution >= 0.6 is 0 Å². The highest BCUT2D eigenvalue weighted by Gasteiger charge is 2.31. The van der Waals surface area contributed by atoms with Crippen LogP contribution in [-0.4, -0.2) is 63.9 Å². The summed E-state index contributed by atoms with van der Waals surface area (Å²) in [6.07, 6.45) is 0. The smallest absolute Gasteiger partial charge is 0.242 e. The van der Waals surface area contributed by atoms with Crippen molar-refractivity contribution in [2.24, 2.45) is 5.92 Å². The number of rotatable bonds is 4. The molecule has 1 unspecified atom stereocenters. The number of nitrogens with zero attached hydrogens (tertiary/aromatic N) is 4. The molecule has 7 nitrogen and oxygen atoms in total. The molecule has 6 rings (SSSR count). The largest absolute Gasteiger partial charge is 0.358 e. The maximum Gasteiger partial charge on any atom is 0.242 e. The molecule has 2 atom stereocenters. The average molecular weight is 521 g/mol. The van der Waals surface area contributed by atoms with Crippen LogP contribution < -0.4 is 10.6 Å². The predicted molar refractivity (Wildman–Crippen MR) is 156 cm³/mol. The van der Waals surface area contributed by atoms with Crippen molar-refractivity contribution in [2.75, 3.05) is 31.5 Å². The highest BCUT2D eigenvalue weighted by molar-refractivity contribution is 5.92. The highest BCUT2D eigenvalue weighted by atomic mass is 16.2. The minimum atomic E-state index is -0.370. The number of para-hydroxylation sites is 1. The number of anilines is 1. The lowest BCUT2D eigenvalue weighted by Gasteiger charge is -2.41. The third kappa shape index (κ3) is 5.65. The maximum atomic E-state index is 13.4. The van der Waals surface area contributed by atoms with Crippen LogP contribution in [-0.2, 0) is 17.9 Å². The number of amides is 1. The lowest BCUT2D eigenvalue weighted by Crippen LogP contribution is -2.57. The van der Waals surface area contributed by atoms with Gasteiger partial charge in [-0.2, -0.15) is 0 Å².